The number of rotatable bonds is 3. The van der Waals surface area contributed by atoms with E-state index in [0.717, 1.165) is 5.39 Å². The van der Waals surface area contributed by atoms with E-state index in [1.54, 1.807) is 6.07 Å². The number of amides is 2. The second kappa shape index (κ2) is 6.31. The molecule has 0 radical (unpaired) electrons. The average Bonchev–Trinajstić information content (AvgIpc) is 2.96. The van der Waals surface area contributed by atoms with Gasteiger partial charge in [0.2, 0.25) is 5.91 Å². The standard InChI is InChI=1S/C16H18N4O4/c1-19-7-5-10-3-4-11(18-14(10)19)16(23)20-8-6-17-15(22)12(20)9-13(21)24-2/h3-5,7,12H,6,8-9H2,1-2H3,(H,17,22). The monoisotopic (exact) mass is 330 g/mol. The van der Waals surface area contributed by atoms with E-state index < -0.39 is 12.0 Å². The molecule has 8 nitrogen and oxygen atoms in total. The highest BCUT2D eigenvalue weighted by molar-refractivity contribution is 5.99. The number of hydrogen-bond donors (Lipinski definition) is 1. The number of ether oxygens (including phenoxy) is 1. The van der Waals surface area contributed by atoms with Gasteiger partial charge in [-0.15, -0.1) is 0 Å². The fourth-order valence-corrected chi connectivity index (χ4v) is 2.80. The van der Waals surface area contributed by atoms with Crippen LogP contribution in [0.4, 0.5) is 0 Å². The van der Waals surface area contributed by atoms with Gasteiger partial charge < -0.3 is 19.5 Å². The van der Waals surface area contributed by atoms with Gasteiger partial charge in [-0.2, -0.15) is 0 Å². The minimum absolute atomic E-state index is 0.180. The Balaban J connectivity index is 1.91. The fourth-order valence-electron chi connectivity index (χ4n) is 2.80. The molecule has 8 heteroatoms. The van der Waals surface area contributed by atoms with Crippen molar-refractivity contribution in [3.8, 4) is 0 Å². The van der Waals surface area contributed by atoms with E-state index in [2.05, 4.69) is 15.0 Å². The van der Waals surface area contributed by atoms with Gasteiger partial charge in [-0.25, -0.2) is 4.98 Å². The number of nitrogens with zero attached hydrogens (tertiary/aromatic N) is 3. The van der Waals surface area contributed by atoms with Gasteiger partial charge in [-0.3, -0.25) is 14.4 Å². The Morgan fingerprint density at radius 3 is 2.92 bits per heavy atom. The van der Waals surface area contributed by atoms with Gasteiger partial charge in [0.25, 0.3) is 5.91 Å². The third-order valence-corrected chi connectivity index (χ3v) is 4.12. The summed E-state index contributed by atoms with van der Waals surface area (Å²) >= 11 is 0. The van der Waals surface area contributed by atoms with Crippen LogP contribution in [0.1, 0.15) is 16.9 Å². The molecule has 0 saturated carbocycles. The second-order valence-electron chi connectivity index (χ2n) is 5.62. The maximum absolute atomic E-state index is 12.8. The lowest BCUT2D eigenvalue weighted by Crippen LogP contribution is -2.58. The molecule has 1 fully saturated rings. The number of pyridine rings is 1. The van der Waals surface area contributed by atoms with Gasteiger partial charge in [0, 0.05) is 31.7 Å². The third kappa shape index (κ3) is 2.82. The zero-order chi connectivity index (χ0) is 17.3. The first kappa shape index (κ1) is 16.0. The number of aryl methyl sites for hydroxylation is 1. The Labute approximate surface area is 138 Å². The Bertz CT molecular complexity index is 814. The number of esters is 1. The lowest BCUT2D eigenvalue weighted by Gasteiger charge is -2.34. The minimum atomic E-state index is -0.885. The highest BCUT2D eigenvalue weighted by Gasteiger charge is 2.36. The van der Waals surface area contributed by atoms with Gasteiger partial charge in [-0.1, -0.05) is 0 Å². The van der Waals surface area contributed by atoms with Gasteiger partial charge in [0.15, 0.2) is 0 Å². The van der Waals surface area contributed by atoms with Gasteiger partial charge in [-0.05, 0) is 18.2 Å². The van der Waals surface area contributed by atoms with E-state index in [9.17, 15) is 14.4 Å². The molecule has 2 amide bonds. The number of piperazine rings is 1. The van der Waals surface area contributed by atoms with Crippen molar-refractivity contribution in [3.05, 3.63) is 30.1 Å². The SMILES string of the molecule is COC(=O)CC1C(=O)NCCN1C(=O)c1ccc2ccn(C)c2n1. The van der Waals surface area contributed by atoms with Crippen molar-refractivity contribution < 1.29 is 19.1 Å². The maximum Gasteiger partial charge on any atom is 0.308 e. The van der Waals surface area contributed by atoms with Crippen LogP contribution in [0.3, 0.4) is 0 Å². The van der Waals surface area contributed by atoms with Crippen molar-refractivity contribution in [3.63, 3.8) is 0 Å². The summed E-state index contributed by atoms with van der Waals surface area (Å²) in [5, 5.41) is 3.59. The normalized spacial score (nSPS) is 17.7. The second-order valence-corrected chi connectivity index (χ2v) is 5.62. The van der Waals surface area contributed by atoms with Crippen LogP contribution in [-0.4, -0.2) is 58.5 Å². The fraction of sp³-hybridized carbons (Fsp3) is 0.375. The van der Waals surface area contributed by atoms with E-state index in [1.807, 2.05) is 29.9 Å². The highest BCUT2D eigenvalue weighted by atomic mass is 16.5. The number of carbonyl (C=O) groups excluding carboxylic acids is 3. The summed E-state index contributed by atoms with van der Waals surface area (Å²) in [5.41, 5.74) is 0.931. The van der Waals surface area contributed by atoms with Gasteiger partial charge in [0.05, 0.1) is 13.5 Å². The van der Waals surface area contributed by atoms with Crippen molar-refractivity contribution in [1.82, 2.24) is 19.8 Å². The van der Waals surface area contributed by atoms with Crippen LogP contribution >= 0.6 is 0 Å². The molecular formula is C16H18N4O4. The quantitative estimate of drug-likeness (QED) is 0.804. The van der Waals surface area contributed by atoms with Crippen molar-refractivity contribution in [2.45, 2.75) is 12.5 Å². The van der Waals surface area contributed by atoms with Crippen molar-refractivity contribution in [2.24, 2.45) is 7.05 Å². The van der Waals surface area contributed by atoms with Crippen LogP contribution in [0.5, 0.6) is 0 Å². The Hall–Kier alpha value is -2.90. The average molecular weight is 330 g/mol. The van der Waals surface area contributed by atoms with E-state index >= 15 is 0 Å². The number of aromatic nitrogens is 2. The van der Waals surface area contributed by atoms with Crippen LogP contribution in [0.15, 0.2) is 24.4 Å². The number of nitrogens with one attached hydrogen (secondary N) is 1. The molecule has 126 valence electrons. The molecule has 1 N–H and O–H groups in total. The molecular weight excluding hydrogens is 312 g/mol. The molecule has 1 saturated heterocycles. The summed E-state index contributed by atoms with van der Waals surface area (Å²) in [5.74, 6) is -1.28. The Morgan fingerprint density at radius 1 is 1.38 bits per heavy atom. The largest absolute Gasteiger partial charge is 0.469 e. The topological polar surface area (TPSA) is 93.5 Å². The number of hydrogen-bond acceptors (Lipinski definition) is 5. The molecule has 2 aromatic rings. The lowest BCUT2D eigenvalue weighted by atomic mass is 10.1. The molecule has 0 aliphatic carbocycles. The first-order valence-corrected chi connectivity index (χ1v) is 7.59. The summed E-state index contributed by atoms with van der Waals surface area (Å²) in [7, 11) is 3.10. The molecule has 0 bridgehead atoms. The van der Waals surface area contributed by atoms with Crippen LogP contribution in [0.25, 0.3) is 11.0 Å². The predicted octanol–water partition coefficient (Wildman–Crippen LogP) is 0.0770. The molecule has 1 atom stereocenters. The summed E-state index contributed by atoms with van der Waals surface area (Å²) in [4.78, 5) is 42.2. The molecule has 0 spiro atoms. The molecule has 1 aliphatic heterocycles. The summed E-state index contributed by atoms with van der Waals surface area (Å²) in [6, 6.07) is 4.47. The molecule has 1 unspecified atom stereocenters. The first-order valence-electron chi connectivity index (χ1n) is 7.59. The summed E-state index contributed by atoms with van der Waals surface area (Å²) in [6.45, 7) is 0.660. The summed E-state index contributed by atoms with van der Waals surface area (Å²) in [6.07, 6.45) is 1.68. The molecule has 1 aliphatic rings. The summed E-state index contributed by atoms with van der Waals surface area (Å²) < 4.78 is 6.44. The zero-order valence-corrected chi connectivity index (χ0v) is 13.5. The smallest absolute Gasteiger partial charge is 0.308 e. The third-order valence-electron chi connectivity index (χ3n) is 4.12. The molecule has 2 aromatic heterocycles. The number of fused-ring (bicyclic) bond motifs is 1. The number of carbonyl (C=O) groups is 3. The molecule has 3 rings (SSSR count). The lowest BCUT2D eigenvalue weighted by molar-refractivity contribution is -0.145. The van der Waals surface area contributed by atoms with Crippen molar-refractivity contribution in [1.29, 1.82) is 0 Å². The minimum Gasteiger partial charge on any atom is -0.469 e. The Morgan fingerprint density at radius 2 is 2.17 bits per heavy atom. The highest BCUT2D eigenvalue weighted by Crippen LogP contribution is 2.17. The Kier molecular flexibility index (Phi) is 4.20. The van der Waals surface area contributed by atoms with Crippen molar-refractivity contribution >= 4 is 28.8 Å². The van der Waals surface area contributed by atoms with Gasteiger partial charge >= 0.3 is 5.97 Å². The van der Waals surface area contributed by atoms with Crippen LogP contribution in [0.2, 0.25) is 0 Å². The maximum atomic E-state index is 12.8. The van der Waals surface area contributed by atoms with Crippen LogP contribution < -0.4 is 5.32 Å². The van der Waals surface area contributed by atoms with E-state index in [1.165, 1.54) is 12.0 Å². The zero-order valence-electron chi connectivity index (χ0n) is 13.5. The number of methoxy groups -OCH3 is 1. The molecule has 24 heavy (non-hydrogen) atoms. The molecule has 3 heterocycles. The van der Waals surface area contributed by atoms with Crippen LogP contribution in [-0.2, 0) is 21.4 Å². The van der Waals surface area contributed by atoms with Crippen molar-refractivity contribution in [2.75, 3.05) is 20.2 Å². The molecule has 0 aromatic carbocycles. The predicted molar refractivity (Wildman–Crippen MR) is 85.2 cm³/mol. The van der Waals surface area contributed by atoms with E-state index in [0.29, 0.717) is 18.7 Å². The van der Waals surface area contributed by atoms with Crippen LogP contribution in [0, 0.1) is 0 Å². The van der Waals surface area contributed by atoms with E-state index in [4.69, 9.17) is 0 Å². The first-order chi connectivity index (χ1) is 11.5. The van der Waals surface area contributed by atoms with Gasteiger partial charge in [0.1, 0.15) is 17.4 Å². The van der Waals surface area contributed by atoms with E-state index in [-0.39, 0.29) is 23.9 Å².